The zero-order valence-electron chi connectivity index (χ0n) is 16.0. The SMILES string of the molecule is O=C(O)c1cn(C2CC2)c2c(C(F)(F)F)c(-c3cc(F)c4c(c3)CNC4)ccc2c1=O. The summed E-state index contributed by atoms with van der Waals surface area (Å²) in [5, 5.41) is 12.0. The molecule has 1 fully saturated rings. The molecule has 0 radical (unpaired) electrons. The molecule has 9 heteroatoms. The lowest BCUT2D eigenvalue weighted by molar-refractivity contribution is -0.136. The minimum absolute atomic E-state index is 0.0614. The van der Waals surface area contributed by atoms with Gasteiger partial charge in [0.1, 0.15) is 11.4 Å². The molecule has 31 heavy (non-hydrogen) atoms. The number of halogens is 4. The molecule has 0 bridgehead atoms. The molecule has 0 amide bonds. The number of carboxylic acid groups (broad SMARTS) is 1. The van der Waals surface area contributed by atoms with Crippen molar-refractivity contribution in [3.63, 3.8) is 0 Å². The van der Waals surface area contributed by atoms with Crippen LogP contribution in [-0.2, 0) is 19.3 Å². The molecule has 0 unspecified atom stereocenters. The summed E-state index contributed by atoms with van der Waals surface area (Å²) in [6.45, 7) is 0.661. The zero-order chi connectivity index (χ0) is 22.1. The number of aromatic carboxylic acids is 1. The lowest BCUT2D eigenvalue weighted by Crippen LogP contribution is -2.21. The summed E-state index contributed by atoms with van der Waals surface area (Å²) < 4.78 is 58.9. The smallest absolute Gasteiger partial charge is 0.419 e. The van der Waals surface area contributed by atoms with Gasteiger partial charge in [-0.25, -0.2) is 9.18 Å². The van der Waals surface area contributed by atoms with E-state index in [2.05, 4.69) is 5.32 Å². The van der Waals surface area contributed by atoms with Crippen molar-refractivity contribution in [2.75, 3.05) is 0 Å². The van der Waals surface area contributed by atoms with Gasteiger partial charge in [-0.1, -0.05) is 6.07 Å². The van der Waals surface area contributed by atoms with Gasteiger partial charge >= 0.3 is 12.1 Å². The van der Waals surface area contributed by atoms with Crippen LogP contribution >= 0.6 is 0 Å². The van der Waals surface area contributed by atoms with Gasteiger partial charge in [-0.15, -0.1) is 0 Å². The summed E-state index contributed by atoms with van der Waals surface area (Å²) in [7, 11) is 0. The van der Waals surface area contributed by atoms with Crippen LogP contribution in [0.3, 0.4) is 0 Å². The van der Waals surface area contributed by atoms with Crippen LogP contribution in [0.2, 0.25) is 0 Å². The average molecular weight is 432 g/mol. The second-order valence-corrected chi connectivity index (χ2v) is 7.90. The van der Waals surface area contributed by atoms with Gasteiger partial charge in [-0.05, 0) is 47.7 Å². The van der Waals surface area contributed by atoms with Gasteiger partial charge in [-0.3, -0.25) is 4.79 Å². The van der Waals surface area contributed by atoms with Crippen LogP contribution in [0.15, 0.2) is 35.3 Å². The van der Waals surface area contributed by atoms with Gasteiger partial charge in [0.25, 0.3) is 0 Å². The number of fused-ring (bicyclic) bond motifs is 2. The Bertz CT molecular complexity index is 1320. The number of aromatic nitrogens is 1. The van der Waals surface area contributed by atoms with Gasteiger partial charge in [-0.2, -0.15) is 13.2 Å². The van der Waals surface area contributed by atoms with Crippen molar-refractivity contribution in [2.45, 2.75) is 38.1 Å². The Kier molecular flexibility index (Phi) is 4.23. The van der Waals surface area contributed by atoms with Gasteiger partial charge < -0.3 is 15.0 Å². The lowest BCUT2D eigenvalue weighted by atomic mass is 9.93. The van der Waals surface area contributed by atoms with E-state index in [1.807, 2.05) is 0 Å². The fourth-order valence-corrected chi connectivity index (χ4v) is 4.30. The Morgan fingerprint density at radius 1 is 1.16 bits per heavy atom. The predicted octanol–water partition coefficient (Wildman–Crippen LogP) is 4.46. The van der Waals surface area contributed by atoms with Crippen molar-refractivity contribution < 1.29 is 27.5 Å². The molecule has 0 saturated heterocycles. The molecule has 160 valence electrons. The molecule has 1 aromatic heterocycles. The van der Waals surface area contributed by atoms with E-state index in [0.29, 0.717) is 37.1 Å². The van der Waals surface area contributed by atoms with Crippen molar-refractivity contribution in [3.8, 4) is 11.1 Å². The normalized spacial score (nSPS) is 16.0. The Hall–Kier alpha value is -3.20. The van der Waals surface area contributed by atoms with E-state index >= 15 is 0 Å². The van der Waals surface area contributed by atoms with E-state index in [-0.39, 0.29) is 28.1 Å². The Morgan fingerprint density at radius 3 is 2.55 bits per heavy atom. The first-order valence-corrected chi connectivity index (χ1v) is 9.71. The van der Waals surface area contributed by atoms with Crippen molar-refractivity contribution in [1.29, 1.82) is 0 Å². The number of benzene rings is 2. The summed E-state index contributed by atoms with van der Waals surface area (Å²) in [6.07, 6.45) is -2.69. The predicted molar refractivity (Wildman–Crippen MR) is 104 cm³/mol. The van der Waals surface area contributed by atoms with Crippen LogP contribution in [0.1, 0.15) is 45.9 Å². The highest BCUT2D eigenvalue weighted by molar-refractivity contribution is 5.96. The first-order valence-electron chi connectivity index (χ1n) is 9.71. The molecule has 1 aliphatic carbocycles. The fourth-order valence-electron chi connectivity index (χ4n) is 4.30. The maximum atomic E-state index is 14.6. The van der Waals surface area contributed by atoms with Crippen molar-refractivity contribution in [1.82, 2.24) is 9.88 Å². The van der Waals surface area contributed by atoms with E-state index in [0.717, 1.165) is 18.3 Å². The fraction of sp³-hybridized carbons (Fsp3) is 0.273. The van der Waals surface area contributed by atoms with Crippen molar-refractivity contribution >= 4 is 16.9 Å². The highest BCUT2D eigenvalue weighted by Crippen LogP contribution is 2.45. The van der Waals surface area contributed by atoms with Crippen molar-refractivity contribution in [3.05, 3.63) is 68.8 Å². The third-order valence-corrected chi connectivity index (χ3v) is 5.86. The first-order chi connectivity index (χ1) is 14.7. The Morgan fingerprint density at radius 2 is 1.90 bits per heavy atom. The van der Waals surface area contributed by atoms with Gasteiger partial charge in [0.15, 0.2) is 0 Å². The van der Waals surface area contributed by atoms with Crippen LogP contribution in [-0.4, -0.2) is 15.6 Å². The second-order valence-electron chi connectivity index (χ2n) is 7.90. The molecule has 2 N–H and O–H groups in total. The van der Waals surface area contributed by atoms with Crippen LogP contribution in [0.4, 0.5) is 17.6 Å². The topological polar surface area (TPSA) is 71.3 Å². The standard InChI is InChI=1S/C22H16F4N2O3/c23-17-6-10(5-11-7-27-8-15(11)17)13-3-4-14-19(18(13)22(24,25)26)28(12-1-2-12)9-16(20(14)29)21(30)31/h3-6,9,12,27H,1-2,7-8H2,(H,30,31). The molecule has 0 spiro atoms. The van der Waals surface area contributed by atoms with Crippen LogP contribution in [0.25, 0.3) is 22.0 Å². The summed E-state index contributed by atoms with van der Waals surface area (Å²) in [5.41, 5.74) is -2.13. The molecule has 5 nitrogen and oxygen atoms in total. The Labute approximate surface area is 172 Å². The monoisotopic (exact) mass is 432 g/mol. The Balaban J connectivity index is 1.89. The highest BCUT2D eigenvalue weighted by atomic mass is 19.4. The summed E-state index contributed by atoms with van der Waals surface area (Å²) in [6, 6.07) is 4.61. The molecule has 2 heterocycles. The highest BCUT2D eigenvalue weighted by Gasteiger charge is 2.39. The number of carboxylic acids is 1. The molecular formula is C22H16F4N2O3. The minimum atomic E-state index is -4.85. The average Bonchev–Trinajstić information content (AvgIpc) is 3.42. The molecule has 2 aliphatic rings. The van der Waals surface area contributed by atoms with Gasteiger partial charge in [0.05, 0.1) is 11.1 Å². The van der Waals surface area contributed by atoms with E-state index in [1.54, 1.807) is 0 Å². The van der Waals surface area contributed by atoms with E-state index in [4.69, 9.17) is 0 Å². The number of alkyl halides is 3. The number of carbonyl (C=O) groups is 1. The third-order valence-electron chi connectivity index (χ3n) is 5.86. The molecule has 0 atom stereocenters. The lowest BCUT2D eigenvalue weighted by Gasteiger charge is -2.21. The van der Waals surface area contributed by atoms with E-state index < -0.39 is 34.5 Å². The van der Waals surface area contributed by atoms with Gasteiger partial charge in [0.2, 0.25) is 5.43 Å². The first kappa shape index (κ1) is 19.7. The van der Waals surface area contributed by atoms with Crippen LogP contribution in [0.5, 0.6) is 0 Å². The molecule has 2 aromatic carbocycles. The van der Waals surface area contributed by atoms with Crippen LogP contribution < -0.4 is 10.7 Å². The van der Waals surface area contributed by atoms with E-state index in [1.165, 1.54) is 16.7 Å². The summed E-state index contributed by atoms with van der Waals surface area (Å²) in [5.74, 6) is -2.08. The number of hydrogen-bond acceptors (Lipinski definition) is 3. The number of hydrogen-bond donors (Lipinski definition) is 2. The molecule has 1 saturated carbocycles. The minimum Gasteiger partial charge on any atom is -0.477 e. The molecule has 1 aliphatic heterocycles. The number of pyridine rings is 1. The van der Waals surface area contributed by atoms with Crippen molar-refractivity contribution in [2.24, 2.45) is 0 Å². The number of nitrogens with zero attached hydrogens (tertiary/aromatic N) is 1. The quantitative estimate of drug-likeness (QED) is 0.600. The summed E-state index contributed by atoms with van der Waals surface area (Å²) >= 11 is 0. The van der Waals surface area contributed by atoms with Crippen LogP contribution in [0, 0.1) is 5.82 Å². The molecular weight excluding hydrogens is 416 g/mol. The third kappa shape index (κ3) is 3.11. The second kappa shape index (κ2) is 6.65. The maximum Gasteiger partial charge on any atom is 0.419 e. The van der Waals surface area contributed by atoms with Gasteiger partial charge in [0, 0.05) is 36.3 Å². The largest absolute Gasteiger partial charge is 0.477 e. The molecule has 5 rings (SSSR count). The number of nitrogens with one attached hydrogen (secondary N) is 1. The number of rotatable bonds is 3. The zero-order valence-corrected chi connectivity index (χ0v) is 16.0. The maximum absolute atomic E-state index is 14.6. The summed E-state index contributed by atoms with van der Waals surface area (Å²) in [4.78, 5) is 24.2. The molecule has 3 aromatic rings. The van der Waals surface area contributed by atoms with E-state index in [9.17, 15) is 32.3 Å².